The number of hydrogen-bond acceptors (Lipinski definition) is 5. The normalized spacial score (nSPS) is 12.3. The fourth-order valence-corrected chi connectivity index (χ4v) is 4.38. The van der Waals surface area contributed by atoms with E-state index in [1.54, 1.807) is 20.8 Å². The maximum Gasteiger partial charge on any atom is 0.356 e. The van der Waals surface area contributed by atoms with Crippen LogP contribution in [0.4, 0.5) is 0 Å². The van der Waals surface area contributed by atoms with Crippen LogP contribution in [0, 0.1) is 0 Å². The Hall–Kier alpha value is -0.990. The van der Waals surface area contributed by atoms with Crippen LogP contribution in [0.15, 0.2) is 9.72 Å². The molecule has 0 atom stereocenters. The molecule has 0 fully saturated rings. The molecule has 0 radical (unpaired) electrons. The van der Waals surface area contributed by atoms with Gasteiger partial charge in [-0.2, -0.15) is 4.31 Å². The van der Waals surface area contributed by atoms with E-state index in [2.05, 4.69) is 4.98 Å². The van der Waals surface area contributed by atoms with E-state index in [1.807, 2.05) is 0 Å². The standard InChI is InChI=1S/C9H14N2O4S2/c1-4-11(6(2)3)17(14,15)9-7(8(12)13)10-5-16-9/h5-6H,4H2,1-3H3,(H,12,13). The Morgan fingerprint density at radius 3 is 2.59 bits per heavy atom. The van der Waals surface area contributed by atoms with Gasteiger partial charge in [0.1, 0.15) is 0 Å². The second kappa shape index (κ2) is 5.11. The Bertz CT molecular complexity index is 507. The van der Waals surface area contributed by atoms with Crippen molar-refractivity contribution in [1.82, 2.24) is 9.29 Å². The number of carboxylic acids is 1. The van der Waals surface area contributed by atoms with Crippen LogP contribution in [0.5, 0.6) is 0 Å². The third-order valence-corrected chi connectivity index (χ3v) is 5.67. The number of aromatic carboxylic acids is 1. The van der Waals surface area contributed by atoms with E-state index in [9.17, 15) is 13.2 Å². The fraction of sp³-hybridized carbons (Fsp3) is 0.556. The van der Waals surface area contributed by atoms with Crippen LogP contribution in [0.1, 0.15) is 31.3 Å². The minimum absolute atomic E-state index is 0.208. The molecule has 96 valence electrons. The summed E-state index contributed by atoms with van der Waals surface area (Å²) in [6.07, 6.45) is 0. The van der Waals surface area contributed by atoms with Crippen LogP contribution in [-0.4, -0.2) is 41.4 Å². The highest BCUT2D eigenvalue weighted by atomic mass is 32.2. The lowest BCUT2D eigenvalue weighted by molar-refractivity contribution is 0.0687. The van der Waals surface area contributed by atoms with E-state index in [0.29, 0.717) is 0 Å². The second-order valence-electron chi connectivity index (χ2n) is 3.60. The van der Waals surface area contributed by atoms with Gasteiger partial charge in [-0.05, 0) is 13.8 Å². The van der Waals surface area contributed by atoms with Crippen LogP contribution in [0.2, 0.25) is 0 Å². The van der Waals surface area contributed by atoms with Crippen molar-refractivity contribution in [3.05, 3.63) is 11.2 Å². The summed E-state index contributed by atoms with van der Waals surface area (Å²) in [5.41, 5.74) is 0.818. The molecule has 1 rings (SSSR count). The lowest BCUT2D eigenvalue weighted by Crippen LogP contribution is -2.36. The number of sulfonamides is 1. The Balaban J connectivity index is 3.30. The number of aromatic nitrogens is 1. The molecule has 0 saturated heterocycles. The average Bonchev–Trinajstić information content (AvgIpc) is 2.65. The highest BCUT2D eigenvalue weighted by molar-refractivity contribution is 7.91. The Labute approximate surface area is 104 Å². The number of thiazole rings is 1. The summed E-state index contributed by atoms with van der Waals surface area (Å²) in [4.78, 5) is 14.4. The van der Waals surface area contributed by atoms with Crippen LogP contribution in [0.3, 0.4) is 0 Å². The molecule has 0 aromatic carbocycles. The highest BCUT2D eigenvalue weighted by Crippen LogP contribution is 2.25. The minimum atomic E-state index is -3.77. The largest absolute Gasteiger partial charge is 0.476 e. The highest BCUT2D eigenvalue weighted by Gasteiger charge is 2.32. The molecule has 0 aliphatic rings. The van der Waals surface area contributed by atoms with E-state index in [-0.39, 0.29) is 16.8 Å². The van der Waals surface area contributed by atoms with Gasteiger partial charge in [-0.1, -0.05) is 6.92 Å². The fourth-order valence-electron chi connectivity index (χ4n) is 1.48. The van der Waals surface area contributed by atoms with Crippen LogP contribution >= 0.6 is 11.3 Å². The number of carboxylic acid groups (broad SMARTS) is 1. The first-order valence-corrected chi connectivity index (χ1v) is 7.33. The van der Waals surface area contributed by atoms with Gasteiger partial charge in [-0.15, -0.1) is 11.3 Å². The zero-order chi connectivity index (χ0) is 13.2. The van der Waals surface area contributed by atoms with Crippen molar-refractivity contribution in [2.45, 2.75) is 31.0 Å². The predicted molar refractivity (Wildman–Crippen MR) is 63.8 cm³/mol. The van der Waals surface area contributed by atoms with Gasteiger partial charge in [0.05, 0.1) is 5.51 Å². The number of rotatable bonds is 5. The first kappa shape index (κ1) is 14.1. The number of carbonyl (C=O) groups is 1. The Morgan fingerprint density at radius 2 is 2.18 bits per heavy atom. The van der Waals surface area contributed by atoms with Crippen molar-refractivity contribution < 1.29 is 18.3 Å². The molecule has 8 heteroatoms. The smallest absolute Gasteiger partial charge is 0.356 e. The van der Waals surface area contributed by atoms with Crippen LogP contribution in [-0.2, 0) is 10.0 Å². The summed E-state index contributed by atoms with van der Waals surface area (Å²) in [5.74, 6) is -1.33. The maximum absolute atomic E-state index is 12.2. The Morgan fingerprint density at radius 1 is 1.59 bits per heavy atom. The summed E-state index contributed by atoms with van der Waals surface area (Å²) in [7, 11) is -3.77. The summed E-state index contributed by atoms with van der Waals surface area (Å²) >= 11 is 0.824. The molecule has 0 aliphatic carbocycles. The zero-order valence-corrected chi connectivity index (χ0v) is 11.4. The lowest BCUT2D eigenvalue weighted by Gasteiger charge is -2.23. The Kier molecular flexibility index (Phi) is 4.23. The number of nitrogens with zero attached hydrogens (tertiary/aromatic N) is 2. The minimum Gasteiger partial charge on any atom is -0.476 e. The molecule has 0 amide bonds. The number of hydrogen-bond donors (Lipinski definition) is 1. The monoisotopic (exact) mass is 278 g/mol. The molecule has 1 aromatic rings. The summed E-state index contributed by atoms with van der Waals surface area (Å²) in [5, 5.41) is 8.87. The second-order valence-corrected chi connectivity index (χ2v) is 6.54. The van der Waals surface area contributed by atoms with Crippen molar-refractivity contribution in [2.24, 2.45) is 0 Å². The molecular formula is C9H14N2O4S2. The van der Waals surface area contributed by atoms with E-state index in [0.717, 1.165) is 11.3 Å². The SMILES string of the molecule is CCN(C(C)C)S(=O)(=O)c1scnc1C(=O)O. The molecule has 0 saturated carbocycles. The summed E-state index contributed by atoms with van der Waals surface area (Å²) in [6, 6.07) is -0.228. The molecule has 0 unspecified atom stereocenters. The molecule has 1 heterocycles. The van der Waals surface area contributed by atoms with E-state index >= 15 is 0 Å². The van der Waals surface area contributed by atoms with Gasteiger partial charge in [-0.3, -0.25) is 0 Å². The van der Waals surface area contributed by atoms with Crippen molar-refractivity contribution in [3.63, 3.8) is 0 Å². The summed E-state index contributed by atoms with van der Waals surface area (Å²) in [6.45, 7) is 5.47. The molecule has 1 aromatic heterocycles. The first-order chi connectivity index (χ1) is 7.82. The molecule has 1 N–H and O–H groups in total. The lowest BCUT2D eigenvalue weighted by atomic mass is 10.4. The van der Waals surface area contributed by atoms with Crippen molar-refractivity contribution in [1.29, 1.82) is 0 Å². The molecule has 0 spiro atoms. The summed E-state index contributed by atoms with van der Waals surface area (Å²) < 4.78 is 25.5. The topological polar surface area (TPSA) is 87.6 Å². The first-order valence-electron chi connectivity index (χ1n) is 5.01. The average molecular weight is 278 g/mol. The van der Waals surface area contributed by atoms with Gasteiger partial charge in [0, 0.05) is 12.6 Å². The van der Waals surface area contributed by atoms with Gasteiger partial charge in [-0.25, -0.2) is 18.2 Å². The van der Waals surface area contributed by atoms with Gasteiger partial charge in [0.15, 0.2) is 9.90 Å². The van der Waals surface area contributed by atoms with Crippen molar-refractivity contribution >= 4 is 27.3 Å². The van der Waals surface area contributed by atoms with Gasteiger partial charge < -0.3 is 5.11 Å². The van der Waals surface area contributed by atoms with Crippen molar-refractivity contribution in [2.75, 3.05) is 6.54 Å². The van der Waals surface area contributed by atoms with Crippen LogP contribution in [0.25, 0.3) is 0 Å². The molecule has 6 nitrogen and oxygen atoms in total. The molecule has 17 heavy (non-hydrogen) atoms. The van der Waals surface area contributed by atoms with Gasteiger partial charge >= 0.3 is 5.97 Å². The van der Waals surface area contributed by atoms with Crippen LogP contribution < -0.4 is 0 Å². The van der Waals surface area contributed by atoms with E-state index in [1.165, 1.54) is 9.82 Å². The predicted octanol–water partition coefficient (Wildman–Crippen LogP) is 1.26. The van der Waals surface area contributed by atoms with E-state index in [4.69, 9.17) is 5.11 Å². The molecule has 0 bridgehead atoms. The quantitative estimate of drug-likeness (QED) is 0.876. The van der Waals surface area contributed by atoms with Gasteiger partial charge in [0.2, 0.25) is 0 Å². The van der Waals surface area contributed by atoms with E-state index < -0.39 is 21.7 Å². The van der Waals surface area contributed by atoms with Gasteiger partial charge in [0.25, 0.3) is 10.0 Å². The molecular weight excluding hydrogens is 264 g/mol. The maximum atomic E-state index is 12.2. The van der Waals surface area contributed by atoms with Crippen molar-refractivity contribution in [3.8, 4) is 0 Å². The molecule has 0 aliphatic heterocycles. The third-order valence-electron chi connectivity index (χ3n) is 2.17. The zero-order valence-electron chi connectivity index (χ0n) is 9.74. The third kappa shape index (κ3) is 2.64.